The van der Waals surface area contributed by atoms with Crippen LogP contribution in [0.5, 0.6) is 5.75 Å². The molecular formula is C13H15N5O6S. The van der Waals surface area contributed by atoms with Crippen LogP contribution in [0.2, 0.25) is 0 Å². The zero-order valence-corrected chi connectivity index (χ0v) is 13.5. The number of nitrogen functional groups attached to an aromatic ring is 2. The van der Waals surface area contributed by atoms with Gasteiger partial charge in [-0.05, 0) is 18.1 Å². The summed E-state index contributed by atoms with van der Waals surface area (Å²) in [5.74, 6) is -1.39. The molecule has 0 aliphatic heterocycles. The number of hydrogen-bond donors (Lipinski definition) is 4. The number of anilines is 2. The molecule has 134 valence electrons. The molecule has 1 amide bonds. The second-order valence-electron chi connectivity index (χ2n) is 4.62. The molecule has 1 aromatic carbocycles. The number of carboxylic acids is 1. The maximum atomic E-state index is 10.7. The van der Waals surface area contributed by atoms with Crippen molar-refractivity contribution in [2.24, 2.45) is 0 Å². The summed E-state index contributed by atoms with van der Waals surface area (Å²) in [6, 6.07) is 2.16. The van der Waals surface area contributed by atoms with Crippen LogP contribution in [-0.2, 0) is 16.0 Å². The summed E-state index contributed by atoms with van der Waals surface area (Å²) in [5.41, 5.74) is 10.3. The number of aromatic amines is 1. The number of hydrogen-bond acceptors (Lipinski definition) is 9. The van der Waals surface area contributed by atoms with Crippen molar-refractivity contribution in [1.82, 2.24) is 5.32 Å². The highest BCUT2D eigenvalue weighted by atomic mass is 32.1. The topological polar surface area (TPSA) is 199 Å². The number of nitro benzene ring substituents is 1. The molecule has 11 nitrogen and oxygen atoms in total. The molecule has 0 aliphatic carbocycles. The van der Waals surface area contributed by atoms with E-state index in [1.807, 2.05) is 5.32 Å². The quantitative estimate of drug-likeness (QED) is 0.266. The highest BCUT2D eigenvalue weighted by molar-refractivity contribution is 7.13. The lowest BCUT2D eigenvalue weighted by Gasteiger charge is -2.16. The van der Waals surface area contributed by atoms with Gasteiger partial charge in [0.05, 0.1) is 22.3 Å². The smallest absolute Gasteiger partial charge is 0.310 e. The average Bonchev–Trinajstić information content (AvgIpc) is 2.92. The number of phenolic OH excluding ortho intramolecular Hbond substituents is 1. The van der Waals surface area contributed by atoms with Crippen molar-refractivity contribution >= 4 is 40.4 Å². The molecule has 0 aliphatic rings. The van der Waals surface area contributed by atoms with Crippen molar-refractivity contribution in [3.63, 3.8) is 0 Å². The second kappa shape index (κ2) is 9.02. The standard InChI is InChI=1S/C10H10N2O6.C3H5N3S/c13-5-11-7(10(15)16)3-6-1-2-9(14)8(4-6)12(17)18;4-2-1-7-3(5)6-2/h1-2,4-5,7,14H,3H2,(H,11,13)(H,15,16);1H,4H2,(H2,5,6). The molecule has 1 unspecified atom stereocenters. The van der Waals surface area contributed by atoms with Crippen LogP contribution in [0.4, 0.5) is 16.6 Å². The summed E-state index contributed by atoms with van der Waals surface area (Å²) >= 11 is 1.40. The molecule has 0 radical (unpaired) electrons. The number of carbonyl (C=O) groups excluding carboxylic acids is 2. The fourth-order valence-electron chi connectivity index (χ4n) is 1.70. The van der Waals surface area contributed by atoms with Crippen molar-refractivity contribution in [2.75, 3.05) is 11.5 Å². The van der Waals surface area contributed by atoms with Gasteiger partial charge < -0.3 is 31.8 Å². The van der Waals surface area contributed by atoms with Crippen LogP contribution >= 0.6 is 11.3 Å². The molecule has 0 saturated heterocycles. The van der Waals surface area contributed by atoms with Gasteiger partial charge in [0.2, 0.25) is 12.2 Å². The molecule has 0 fully saturated rings. The lowest BCUT2D eigenvalue weighted by Crippen LogP contribution is -2.46. The predicted molar refractivity (Wildman–Crippen MR) is 86.2 cm³/mol. The zero-order chi connectivity index (χ0) is 19.0. The van der Waals surface area contributed by atoms with E-state index in [2.05, 4.69) is 4.98 Å². The van der Waals surface area contributed by atoms with Gasteiger partial charge >= 0.3 is 5.69 Å². The first-order valence-electron chi connectivity index (χ1n) is 6.63. The Morgan fingerprint density at radius 2 is 2.16 bits per heavy atom. The zero-order valence-electron chi connectivity index (χ0n) is 12.7. The van der Waals surface area contributed by atoms with Gasteiger partial charge in [0.25, 0.3) is 5.13 Å². The maximum absolute atomic E-state index is 10.7. The molecular weight excluding hydrogens is 354 g/mol. The number of thiazole rings is 1. The summed E-state index contributed by atoms with van der Waals surface area (Å²) in [5, 5.41) is 34.9. The van der Waals surface area contributed by atoms with Gasteiger partial charge in [-0.1, -0.05) is 17.4 Å². The summed E-state index contributed by atoms with van der Waals surface area (Å²) < 4.78 is 0. The number of nitro groups is 1. The third-order valence-electron chi connectivity index (χ3n) is 2.81. The summed E-state index contributed by atoms with van der Waals surface area (Å²) in [6.45, 7) is 0. The number of H-pyrrole nitrogens is 1. The normalized spacial score (nSPS) is 10.9. The van der Waals surface area contributed by atoms with E-state index in [0.717, 1.165) is 12.1 Å². The van der Waals surface area contributed by atoms with Gasteiger partial charge in [-0.2, -0.15) is 0 Å². The van der Waals surface area contributed by atoms with Crippen LogP contribution in [0, 0.1) is 10.1 Å². The molecule has 7 N–H and O–H groups in total. The molecule has 12 heteroatoms. The average molecular weight is 369 g/mol. The fraction of sp³-hybridized carbons (Fsp3) is 0.154. The van der Waals surface area contributed by atoms with Crippen molar-refractivity contribution in [3.05, 3.63) is 39.3 Å². The van der Waals surface area contributed by atoms with E-state index in [0.29, 0.717) is 10.9 Å². The highest BCUT2D eigenvalue weighted by Crippen LogP contribution is 2.26. The molecule has 1 atom stereocenters. The molecule has 0 spiro atoms. The van der Waals surface area contributed by atoms with Crippen molar-refractivity contribution in [1.29, 1.82) is 0 Å². The fourth-order valence-corrected chi connectivity index (χ4v) is 2.19. The number of carbonyl (C=O) groups is 2. The maximum Gasteiger partial charge on any atom is 0.310 e. The Balaban J connectivity index is 0.000000370. The van der Waals surface area contributed by atoms with Crippen molar-refractivity contribution in [2.45, 2.75) is 12.5 Å². The van der Waals surface area contributed by atoms with Gasteiger partial charge in [-0.25, -0.2) is 4.98 Å². The molecule has 1 aromatic heterocycles. The largest absolute Gasteiger partial charge is 0.548 e. The van der Waals surface area contributed by atoms with E-state index in [4.69, 9.17) is 11.5 Å². The number of nitrogens with zero attached hydrogens (tertiary/aromatic N) is 1. The Morgan fingerprint density at radius 3 is 2.56 bits per heavy atom. The van der Waals surface area contributed by atoms with Crippen LogP contribution < -0.4 is 26.9 Å². The minimum absolute atomic E-state index is 0.178. The first-order chi connectivity index (χ1) is 11.7. The molecule has 2 rings (SSSR count). The summed E-state index contributed by atoms with van der Waals surface area (Å²) in [7, 11) is 0. The molecule has 25 heavy (non-hydrogen) atoms. The predicted octanol–water partition coefficient (Wildman–Crippen LogP) is -1.57. The van der Waals surface area contributed by atoms with Crippen molar-refractivity contribution in [3.8, 4) is 5.75 Å². The van der Waals surface area contributed by atoms with E-state index in [-0.39, 0.29) is 18.4 Å². The molecule has 0 bridgehead atoms. The van der Waals surface area contributed by atoms with Crippen LogP contribution in [0.15, 0.2) is 23.6 Å². The van der Waals surface area contributed by atoms with E-state index in [9.17, 15) is 29.9 Å². The van der Waals surface area contributed by atoms with E-state index in [1.165, 1.54) is 17.4 Å². The number of carboxylic acid groups (broad SMARTS) is 1. The number of amides is 1. The van der Waals surface area contributed by atoms with Gasteiger partial charge in [-0.3, -0.25) is 14.9 Å². The van der Waals surface area contributed by atoms with Crippen LogP contribution in [0.3, 0.4) is 0 Å². The molecule has 1 heterocycles. The molecule has 0 saturated carbocycles. The Morgan fingerprint density at radius 1 is 1.48 bits per heavy atom. The van der Waals surface area contributed by atoms with Crippen LogP contribution in [0.25, 0.3) is 0 Å². The van der Waals surface area contributed by atoms with Gasteiger partial charge in [0, 0.05) is 6.07 Å². The minimum Gasteiger partial charge on any atom is -0.548 e. The van der Waals surface area contributed by atoms with Crippen LogP contribution in [0.1, 0.15) is 5.56 Å². The highest BCUT2D eigenvalue weighted by Gasteiger charge is 2.16. The SMILES string of the molecule is Nc1csc(N)[nH+]1.O=CNC(Cc1ccc(O)c([N+](=O)[O-])c1)C(=O)[O-]. The van der Waals surface area contributed by atoms with E-state index in [1.54, 1.807) is 5.38 Å². The number of aromatic nitrogens is 1. The lowest BCUT2D eigenvalue weighted by atomic mass is 10.1. The monoisotopic (exact) mass is 369 g/mol. The van der Waals surface area contributed by atoms with Gasteiger partial charge in [0.15, 0.2) is 5.75 Å². The van der Waals surface area contributed by atoms with E-state index < -0.39 is 28.4 Å². The molecule has 2 aromatic rings. The summed E-state index contributed by atoms with van der Waals surface area (Å²) in [6.07, 6.45) is 0.0253. The van der Waals surface area contributed by atoms with E-state index >= 15 is 0 Å². The minimum atomic E-state index is -1.50. The third-order valence-corrected chi connectivity index (χ3v) is 3.54. The van der Waals surface area contributed by atoms with Gasteiger partial charge in [0.1, 0.15) is 0 Å². The van der Waals surface area contributed by atoms with Crippen LogP contribution in [-0.4, -0.2) is 28.5 Å². The first-order valence-corrected chi connectivity index (χ1v) is 7.51. The summed E-state index contributed by atoms with van der Waals surface area (Å²) in [4.78, 5) is 33.3. The number of benzene rings is 1. The number of nitrogens with one attached hydrogen (secondary N) is 2. The number of rotatable bonds is 6. The Hall–Kier alpha value is -3.41. The van der Waals surface area contributed by atoms with Crippen molar-refractivity contribution < 1.29 is 29.7 Å². The Kier molecular flexibility index (Phi) is 7.09. The lowest BCUT2D eigenvalue weighted by molar-refractivity contribution is -0.385. The van der Waals surface area contributed by atoms with Gasteiger partial charge in [-0.15, -0.1) is 0 Å². The number of aliphatic carboxylic acids is 1. The number of nitrogens with two attached hydrogens (primary N) is 2. The Bertz CT molecular complexity index is 749. The number of aromatic hydroxyl groups is 1. The third kappa shape index (κ3) is 6.31. The Labute approximate surface area is 145 Å². The number of phenols is 1. The first kappa shape index (κ1) is 19.6. The second-order valence-corrected chi connectivity index (χ2v) is 5.53.